The maximum atomic E-state index is 12.9. The number of carbonyl (C=O) groups is 2. The molecule has 2 aliphatic carbocycles. The van der Waals surface area contributed by atoms with E-state index in [-0.39, 0.29) is 19.5 Å². The molecule has 2 aromatic rings. The molecular weight excluding hydrogens is 329 g/mol. The second-order valence-corrected chi connectivity index (χ2v) is 5.56. The summed E-state index contributed by atoms with van der Waals surface area (Å²) in [5.41, 5.74) is 3.79. The third-order valence-corrected chi connectivity index (χ3v) is 3.87. The Labute approximate surface area is 151 Å². The van der Waals surface area contributed by atoms with Crippen molar-refractivity contribution in [2.24, 2.45) is 0 Å². The monoisotopic (exact) mass is 344 g/mol. The number of benzene rings is 3. The number of fused-ring (bicyclic) bond motifs is 1. The Kier molecular flexibility index (Phi) is 5.27. The molecule has 6 heteroatoms. The Morgan fingerprint density at radius 3 is 1.46 bits per heavy atom. The summed E-state index contributed by atoms with van der Waals surface area (Å²) in [5, 5.41) is 14.0. The summed E-state index contributed by atoms with van der Waals surface area (Å²) >= 11 is 0. The van der Waals surface area contributed by atoms with Crippen molar-refractivity contribution in [3.8, 4) is 11.1 Å². The van der Waals surface area contributed by atoms with Crippen LogP contribution in [0.5, 0.6) is 0 Å². The highest BCUT2D eigenvalue weighted by Gasteiger charge is 2.29. The summed E-state index contributed by atoms with van der Waals surface area (Å²) in [6.45, 7) is 0. The molecule has 2 N–H and O–H groups in total. The van der Waals surface area contributed by atoms with Crippen molar-refractivity contribution in [2.75, 3.05) is 4.90 Å². The maximum Gasteiger partial charge on any atom is 0.482 e. The molecule has 5 nitrogen and oxygen atoms in total. The zero-order valence-corrected chi connectivity index (χ0v) is 13.7. The molecule has 0 heterocycles. The lowest BCUT2D eigenvalue weighted by atomic mass is 10.1. The number of amides is 2. The Hall–Kier alpha value is -3.22. The van der Waals surface area contributed by atoms with Crippen LogP contribution in [0, 0.1) is 0 Å². The van der Waals surface area contributed by atoms with Crippen molar-refractivity contribution in [1.82, 2.24) is 0 Å². The molecule has 0 spiro atoms. The molecule has 0 bridgehead atoms. The van der Waals surface area contributed by atoms with Crippen LogP contribution in [0.1, 0.15) is 20.7 Å². The minimum atomic E-state index is -0.315. The number of hydrogen-bond acceptors (Lipinski definition) is 4. The van der Waals surface area contributed by atoms with Crippen LogP contribution in [0.15, 0.2) is 78.9 Å². The smallest absolute Gasteiger partial charge is 0.429 e. The van der Waals surface area contributed by atoms with E-state index in [9.17, 15) is 9.59 Å². The molecule has 2 aliphatic rings. The van der Waals surface area contributed by atoms with E-state index in [0.29, 0.717) is 16.8 Å². The molecule has 0 fully saturated rings. The fourth-order valence-electron chi connectivity index (χ4n) is 2.62. The molecule has 0 saturated heterocycles. The fraction of sp³-hybridized carbons (Fsp3) is 0. The van der Waals surface area contributed by atoms with Gasteiger partial charge in [-0.05, 0) is 53.6 Å². The molecule has 26 heavy (non-hydrogen) atoms. The van der Waals surface area contributed by atoms with Gasteiger partial charge in [-0.15, -0.1) is 0 Å². The van der Waals surface area contributed by atoms with Crippen LogP contribution in [-0.2, 0) is 0 Å². The number of rotatable bonds is 3. The summed E-state index contributed by atoms with van der Waals surface area (Å²) in [5.74, 6) is -0.631. The second kappa shape index (κ2) is 7.78. The minimum Gasteiger partial charge on any atom is -0.429 e. The third-order valence-electron chi connectivity index (χ3n) is 3.87. The first-order valence-corrected chi connectivity index (χ1v) is 7.90. The highest BCUT2D eigenvalue weighted by Crippen LogP contribution is 2.40. The van der Waals surface area contributed by atoms with Crippen LogP contribution in [0.25, 0.3) is 11.1 Å². The second-order valence-electron chi connectivity index (χ2n) is 5.56. The maximum absolute atomic E-state index is 12.9. The Balaban J connectivity index is 0.000000613. The molecule has 0 unspecified atom stereocenters. The molecule has 127 valence electrons. The van der Waals surface area contributed by atoms with Gasteiger partial charge in [-0.2, -0.15) is 0 Å². The summed E-state index contributed by atoms with van der Waals surface area (Å²) in [7, 11) is 0. The van der Waals surface area contributed by atoms with Gasteiger partial charge in [0.1, 0.15) is 0 Å². The zero-order valence-electron chi connectivity index (χ0n) is 13.7. The molecule has 0 saturated carbocycles. The lowest BCUT2D eigenvalue weighted by Crippen LogP contribution is -2.36. The van der Waals surface area contributed by atoms with Crippen molar-refractivity contribution >= 4 is 25.2 Å². The first-order chi connectivity index (χ1) is 12.7. The average Bonchev–Trinajstić information content (AvgIpc) is 3.29. The molecule has 0 aliphatic heterocycles. The van der Waals surface area contributed by atoms with Crippen molar-refractivity contribution in [1.29, 1.82) is 0 Å². The van der Waals surface area contributed by atoms with Crippen molar-refractivity contribution in [2.45, 2.75) is 0 Å². The van der Waals surface area contributed by atoms with E-state index in [1.54, 1.807) is 48.5 Å². The van der Waals surface area contributed by atoms with E-state index >= 15 is 0 Å². The van der Waals surface area contributed by atoms with Gasteiger partial charge in [0, 0.05) is 11.1 Å². The standard InChI is InChI=1S/C20H13NO2.BH2O2/c22-19(14-7-3-1-4-8-14)21(18-12-16-11-17(16)13-18)20(23)15-9-5-2-6-10-15;2-1-3/h1-13H;2-3H. The molecule has 0 atom stereocenters. The van der Waals surface area contributed by atoms with Gasteiger partial charge >= 0.3 is 7.69 Å². The summed E-state index contributed by atoms with van der Waals surface area (Å²) in [6, 6.07) is 23.5. The number of carbonyl (C=O) groups excluding carboxylic acids is 2. The fourth-order valence-corrected chi connectivity index (χ4v) is 2.62. The largest absolute Gasteiger partial charge is 0.482 e. The first kappa shape index (κ1) is 17.6. The van der Waals surface area contributed by atoms with E-state index in [2.05, 4.69) is 0 Å². The predicted molar refractivity (Wildman–Crippen MR) is 99.7 cm³/mol. The van der Waals surface area contributed by atoms with Gasteiger partial charge in [0.15, 0.2) is 0 Å². The number of hydrogen-bond donors (Lipinski definition) is 2. The number of nitrogens with zero attached hydrogens (tertiary/aromatic N) is 1. The van der Waals surface area contributed by atoms with E-state index in [1.165, 1.54) is 4.90 Å². The normalized spacial score (nSPS) is 10.2. The van der Waals surface area contributed by atoms with E-state index in [0.717, 1.165) is 11.1 Å². The summed E-state index contributed by atoms with van der Waals surface area (Å²) < 4.78 is 0. The Morgan fingerprint density at radius 2 is 1.08 bits per heavy atom. The van der Waals surface area contributed by atoms with Crippen LogP contribution in [0.3, 0.4) is 0 Å². The van der Waals surface area contributed by atoms with E-state index in [4.69, 9.17) is 10.0 Å². The number of imide groups is 1. The molecular formula is C20H15BNO4. The van der Waals surface area contributed by atoms with Crippen LogP contribution in [0.4, 0.5) is 5.69 Å². The highest BCUT2D eigenvalue weighted by molar-refractivity contribution is 6.26. The van der Waals surface area contributed by atoms with E-state index < -0.39 is 0 Å². The van der Waals surface area contributed by atoms with Gasteiger partial charge in [0.25, 0.3) is 11.8 Å². The van der Waals surface area contributed by atoms with Crippen LogP contribution in [-0.4, -0.2) is 29.5 Å². The van der Waals surface area contributed by atoms with Gasteiger partial charge in [-0.1, -0.05) is 36.4 Å². The molecule has 0 aromatic heterocycles. The van der Waals surface area contributed by atoms with Crippen LogP contribution >= 0.6 is 0 Å². The average molecular weight is 344 g/mol. The SMILES string of the molecule is O=C(c1ccccc1)N(C(=O)c1ccccc1)c1cc2cc-2c1.O[B]O. The first-order valence-electron chi connectivity index (χ1n) is 7.90. The van der Waals surface area contributed by atoms with E-state index in [1.807, 2.05) is 30.3 Å². The van der Waals surface area contributed by atoms with Crippen molar-refractivity contribution in [3.63, 3.8) is 0 Å². The molecule has 1 radical (unpaired) electrons. The topological polar surface area (TPSA) is 77.8 Å². The van der Waals surface area contributed by atoms with Crippen LogP contribution in [0.2, 0.25) is 0 Å². The Bertz CT molecular complexity index is 857. The van der Waals surface area contributed by atoms with Gasteiger partial charge in [-0.3, -0.25) is 9.59 Å². The Morgan fingerprint density at radius 1 is 0.692 bits per heavy atom. The van der Waals surface area contributed by atoms with Crippen LogP contribution < -0.4 is 4.90 Å². The van der Waals surface area contributed by atoms with Gasteiger partial charge in [0.05, 0.1) is 5.69 Å². The number of anilines is 1. The molecule has 2 aromatic carbocycles. The third kappa shape index (κ3) is 3.72. The van der Waals surface area contributed by atoms with Gasteiger partial charge in [0.2, 0.25) is 0 Å². The quantitative estimate of drug-likeness (QED) is 0.442. The molecule has 2 amide bonds. The predicted octanol–water partition coefficient (Wildman–Crippen LogP) is 2.66. The minimum absolute atomic E-state index is 0. The highest BCUT2D eigenvalue weighted by atomic mass is 16.4. The van der Waals surface area contributed by atoms with Crippen molar-refractivity contribution < 1.29 is 19.6 Å². The summed E-state index contributed by atoms with van der Waals surface area (Å²) in [6.07, 6.45) is 0. The van der Waals surface area contributed by atoms with Gasteiger partial charge < -0.3 is 10.0 Å². The lowest BCUT2D eigenvalue weighted by molar-refractivity contribution is 0.0897. The zero-order chi connectivity index (χ0) is 18.5. The van der Waals surface area contributed by atoms with Gasteiger partial charge in [-0.25, -0.2) is 4.90 Å². The molecule has 4 rings (SSSR count). The van der Waals surface area contributed by atoms with Crippen molar-refractivity contribution in [3.05, 3.63) is 90.0 Å². The summed E-state index contributed by atoms with van der Waals surface area (Å²) in [4.78, 5) is 27.0. The lowest BCUT2D eigenvalue weighted by Gasteiger charge is -2.20.